The molecule has 0 aliphatic rings. The molecule has 0 unspecified atom stereocenters. The summed E-state index contributed by atoms with van der Waals surface area (Å²) in [6.07, 6.45) is 0.962. The maximum absolute atomic E-state index is 13.5. The summed E-state index contributed by atoms with van der Waals surface area (Å²) in [5.41, 5.74) is 10.7. The maximum atomic E-state index is 13.5. The average Bonchev–Trinajstić information content (AvgIpc) is 2.36. The lowest BCUT2D eigenvalue weighted by molar-refractivity contribution is 0.600. The second kappa shape index (κ2) is 4.99. The van der Waals surface area contributed by atoms with Crippen LogP contribution in [0, 0.1) is 17.1 Å². The van der Waals surface area contributed by atoms with Gasteiger partial charge in [0.2, 0.25) is 5.95 Å². The quantitative estimate of drug-likeness (QED) is 0.780. The van der Waals surface area contributed by atoms with E-state index in [-0.39, 0.29) is 33.5 Å². The summed E-state index contributed by atoms with van der Waals surface area (Å²) in [6, 6.07) is 4.81. The first-order chi connectivity index (χ1) is 9.74. The molecule has 1 heterocycles. The van der Waals surface area contributed by atoms with Crippen molar-refractivity contribution in [3.8, 4) is 17.3 Å². The fourth-order valence-electron chi connectivity index (χ4n) is 1.81. The SMILES string of the molecule is CS(=O)(=O)c1ccc(F)cc1-c1nc(N)nc(N)c1C#N. The Morgan fingerprint density at radius 1 is 1.29 bits per heavy atom. The van der Waals surface area contributed by atoms with Gasteiger partial charge in [0, 0.05) is 11.8 Å². The minimum Gasteiger partial charge on any atom is -0.382 e. The third kappa shape index (κ3) is 2.75. The fourth-order valence-corrected chi connectivity index (χ4v) is 2.68. The molecule has 0 aliphatic carbocycles. The second-order valence-corrected chi connectivity index (χ2v) is 6.20. The molecule has 108 valence electrons. The lowest BCUT2D eigenvalue weighted by Crippen LogP contribution is -2.07. The highest BCUT2D eigenvalue weighted by Gasteiger charge is 2.21. The molecular formula is C12H10FN5O2S. The van der Waals surface area contributed by atoms with Gasteiger partial charge in [0.15, 0.2) is 9.84 Å². The van der Waals surface area contributed by atoms with Gasteiger partial charge < -0.3 is 11.5 Å². The standard InChI is InChI=1S/C12H10FN5O2S/c1-21(19,20)9-3-2-6(13)4-7(9)10-8(5-14)11(15)18-12(16)17-10/h2-4H,1H3,(H4,15,16,17,18). The van der Waals surface area contributed by atoms with Crippen molar-refractivity contribution in [2.75, 3.05) is 17.7 Å². The van der Waals surface area contributed by atoms with Crippen LogP contribution in [0.1, 0.15) is 5.56 Å². The highest BCUT2D eigenvalue weighted by atomic mass is 32.2. The van der Waals surface area contributed by atoms with Crippen LogP contribution in [0.2, 0.25) is 0 Å². The van der Waals surface area contributed by atoms with Crippen LogP contribution in [0.3, 0.4) is 0 Å². The van der Waals surface area contributed by atoms with Crippen molar-refractivity contribution in [1.29, 1.82) is 5.26 Å². The molecule has 0 fully saturated rings. The van der Waals surface area contributed by atoms with E-state index in [0.29, 0.717) is 0 Å². The highest BCUT2D eigenvalue weighted by molar-refractivity contribution is 7.90. The molecule has 4 N–H and O–H groups in total. The van der Waals surface area contributed by atoms with Crippen molar-refractivity contribution in [3.05, 3.63) is 29.6 Å². The Kier molecular flexibility index (Phi) is 3.49. The Hall–Kier alpha value is -2.73. The molecule has 0 radical (unpaired) electrons. The number of aromatic nitrogens is 2. The molecule has 0 bridgehead atoms. The predicted octanol–water partition coefficient (Wildman–Crippen LogP) is 0.722. The van der Waals surface area contributed by atoms with Gasteiger partial charge in [0.25, 0.3) is 0 Å². The van der Waals surface area contributed by atoms with Gasteiger partial charge in [0.1, 0.15) is 23.3 Å². The molecule has 0 amide bonds. The van der Waals surface area contributed by atoms with Crippen molar-refractivity contribution in [3.63, 3.8) is 0 Å². The van der Waals surface area contributed by atoms with E-state index < -0.39 is 15.7 Å². The van der Waals surface area contributed by atoms with Gasteiger partial charge >= 0.3 is 0 Å². The topological polar surface area (TPSA) is 136 Å². The number of anilines is 2. The van der Waals surface area contributed by atoms with Gasteiger partial charge in [-0.25, -0.2) is 17.8 Å². The van der Waals surface area contributed by atoms with E-state index in [1.165, 1.54) is 0 Å². The summed E-state index contributed by atoms with van der Waals surface area (Å²) in [5, 5.41) is 9.12. The molecule has 21 heavy (non-hydrogen) atoms. The first-order valence-corrected chi connectivity index (χ1v) is 7.46. The Balaban J connectivity index is 2.92. The van der Waals surface area contributed by atoms with Crippen molar-refractivity contribution < 1.29 is 12.8 Å². The number of nitriles is 1. The fraction of sp³-hybridized carbons (Fsp3) is 0.0833. The summed E-state index contributed by atoms with van der Waals surface area (Å²) < 4.78 is 37.1. The molecule has 2 aromatic rings. The number of hydrogen-bond acceptors (Lipinski definition) is 7. The number of halogens is 1. The number of nitrogens with zero attached hydrogens (tertiary/aromatic N) is 3. The summed E-state index contributed by atoms with van der Waals surface area (Å²) >= 11 is 0. The van der Waals surface area contributed by atoms with Gasteiger partial charge in [-0.3, -0.25) is 0 Å². The second-order valence-electron chi connectivity index (χ2n) is 4.22. The number of benzene rings is 1. The van der Waals surface area contributed by atoms with E-state index in [4.69, 9.17) is 16.7 Å². The van der Waals surface area contributed by atoms with Gasteiger partial charge in [-0.2, -0.15) is 10.2 Å². The van der Waals surface area contributed by atoms with Crippen LogP contribution < -0.4 is 11.5 Å². The third-order valence-electron chi connectivity index (χ3n) is 2.66. The van der Waals surface area contributed by atoms with Crippen LogP contribution in [0.5, 0.6) is 0 Å². The van der Waals surface area contributed by atoms with Crippen LogP contribution in [0.4, 0.5) is 16.2 Å². The minimum atomic E-state index is -3.67. The zero-order valence-electron chi connectivity index (χ0n) is 10.8. The Morgan fingerprint density at radius 3 is 2.52 bits per heavy atom. The van der Waals surface area contributed by atoms with Crippen LogP contribution in [-0.4, -0.2) is 24.6 Å². The van der Waals surface area contributed by atoms with E-state index in [2.05, 4.69) is 9.97 Å². The van der Waals surface area contributed by atoms with Gasteiger partial charge in [0.05, 0.1) is 10.6 Å². The van der Waals surface area contributed by atoms with Gasteiger partial charge in [-0.15, -0.1) is 0 Å². The molecule has 0 aliphatic heterocycles. The van der Waals surface area contributed by atoms with E-state index in [9.17, 15) is 12.8 Å². The average molecular weight is 307 g/mol. The molecule has 0 saturated carbocycles. The number of sulfone groups is 1. The van der Waals surface area contributed by atoms with Crippen LogP contribution in [-0.2, 0) is 9.84 Å². The molecule has 2 rings (SSSR count). The molecule has 0 atom stereocenters. The zero-order chi connectivity index (χ0) is 15.8. The Morgan fingerprint density at radius 2 is 1.95 bits per heavy atom. The molecule has 0 spiro atoms. The summed E-state index contributed by atoms with van der Waals surface area (Å²) in [4.78, 5) is 7.26. The minimum absolute atomic E-state index is 0.0881. The van der Waals surface area contributed by atoms with Crippen molar-refractivity contribution in [2.45, 2.75) is 4.90 Å². The molecule has 1 aromatic heterocycles. The summed E-state index contributed by atoms with van der Waals surface area (Å²) in [6.45, 7) is 0. The molecule has 9 heteroatoms. The van der Waals surface area contributed by atoms with Crippen molar-refractivity contribution in [1.82, 2.24) is 9.97 Å². The van der Waals surface area contributed by atoms with E-state index in [1.807, 2.05) is 0 Å². The Labute approximate surface area is 120 Å². The van der Waals surface area contributed by atoms with Gasteiger partial charge in [-0.05, 0) is 18.2 Å². The first kappa shape index (κ1) is 14.7. The first-order valence-electron chi connectivity index (χ1n) is 5.57. The number of nitrogen functional groups attached to an aromatic ring is 2. The summed E-state index contributed by atoms with van der Waals surface area (Å²) in [5.74, 6) is -1.13. The predicted molar refractivity (Wildman–Crippen MR) is 74.1 cm³/mol. The lowest BCUT2D eigenvalue weighted by Gasteiger charge is -2.10. The monoisotopic (exact) mass is 307 g/mol. The Bertz CT molecular complexity index is 874. The lowest BCUT2D eigenvalue weighted by atomic mass is 10.1. The maximum Gasteiger partial charge on any atom is 0.222 e. The number of rotatable bonds is 2. The van der Waals surface area contributed by atoms with Crippen LogP contribution >= 0.6 is 0 Å². The molecular weight excluding hydrogens is 297 g/mol. The largest absolute Gasteiger partial charge is 0.382 e. The van der Waals surface area contributed by atoms with Crippen molar-refractivity contribution in [2.24, 2.45) is 0 Å². The number of nitrogens with two attached hydrogens (primary N) is 2. The number of hydrogen-bond donors (Lipinski definition) is 2. The molecule has 1 aromatic carbocycles. The van der Waals surface area contributed by atoms with Gasteiger partial charge in [-0.1, -0.05) is 0 Å². The van der Waals surface area contributed by atoms with E-state index >= 15 is 0 Å². The molecule has 0 saturated heterocycles. The van der Waals surface area contributed by atoms with E-state index in [0.717, 1.165) is 24.5 Å². The zero-order valence-corrected chi connectivity index (χ0v) is 11.6. The van der Waals surface area contributed by atoms with Crippen molar-refractivity contribution >= 4 is 21.6 Å². The van der Waals surface area contributed by atoms with Crippen LogP contribution in [0.15, 0.2) is 23.1 Å². The van der Waals surface area contributed by atoms with Crippen LogP contribution in [0.25, 0.3) is 11.3 Å². The van der Waals surface area contributed by atoms with E-state index in [1.54, 1.807) is 6.07 Å². The summed E-state index contributed by atoms with van der Waals surface area (Å²) in [7, 11) is -3.67. The highest BCUT2D eigenvalue weighted by Crippen LogP contribution is 2.31. The molecule has 7 nitrogen and oxygen atoms in total. The third-order valence-corrected chi connectivity index (χ3v) is 3.82. The smallest absolute Gasteiger partial charge is 0.222 e. The normalized spacial score (nSPS) is 11.1.